The van der Waals surface area contributed by atoms with Crippen LogP contribution in [-0.4, -0.2) is 23.3 Å². The van der Waals surface area contributed by atoms with Crippen LogP contribution in [0.15, 0.2) is 59.0 Å². The summed E-state index contributed by atoms with van der Waals surface area (Å²) >= 11 is 0. The molecule has 1 heterocycles. The summed E-state index contributed by atoms with van der Waals surface area (Å²) in [5.41, 5.74) is 1.15. The van der Waals surface area contributed by atoms with E-state index in [0.29, 0.717) is 17.2 Å². The zero-order chi connectivity index (χ0) is 16.9. The maximum atomic E-state index is 12.3. The van der Waals surface area contributed by atoms with Crippen LogP contribution in [0, 0.1) is 0 Å². The van der Waals surface area contributed by atoms with E-state index in [1.54, 1.807) is 31.2 Å². The van der Waals surface area contributed by atoms with Gasteiger partial charge in [0.25, 0.3) is 5.89 Å². The van der Waals surface area contributed by atoms with E-state index < -0.39 is 12.1 Å². The average Bonchev–Trinajstić information content (AvgIpc) is 3.12. The lowest BCUT2D eigenvalue weighted by atomic mass is 10.2. The number of nitrogens with zero attached hydrogens (tertiary/aromatic N) is 2. The molecule has 1 atom stereocenters. The van der Waals surface area contributed by atoms with Crippen LogP contribution < -0.4 is 4.74 Å². The van der Waals surface area contributed by atoms with Crippen LogP contribution in [0.1, 0.15) is 29.3 Å². The topological polar surface area (TPSA) is 74.5 Å². The molecule has 2 aromatic carbocycles. The molecule has 3 aromatic rings. The molecule has 1 aromatic heterocycles. The van der Waals surface area contributed by atoms with E-state index in [1.165, 1.54) is 7.11 Å². The Hall–Kier alpha value is -3.15. The second-order valence-corrected chi connectivity index (χ2v) is 5.06. The fraction of sp³-hybridized carbons (Fsp3) is 0.167. The van der Waals surface area contributed by atoms with Crippen LogP contribution in [0.3, 0.4) is 0 Å². The number of para-hydroxylation sites is 1. The van der Waals surface area contributed by atoms with Crippen molar-refractivity contribution >= 4 is 5.97 Å². The first kappa shape index (κ1) is 15.7. The summed E-state index contributed by atoms with van der Waals surface area (Å²) in [5.74, 6) is 0.549. The molecule has 0 radical (unpaired) electrons. The van der Waals surface area contributed by atoms with Gasteiger partial charge in [-0.2, -0.15) is 0 Å². The summed E-state index contributed by atoms with van der Waals surface area (Å²) in [4.78, 5) is 12.3. The molecular formula is C18H16N2O4. The third-order valence-electron chi connectivity index (χ3n) is 3.42. The van der Waals surface area contributed by atoms with Crippen molar-refractivity contribution in [1.82, 2.24) is 10.2 Å². The second-order valence-electron chi connectivity index (χ2n) is 5.06. The molecule has 3 rings (SSSR count). The number of ether oxygens (including phenoxy) is 2. The van der Waals surface area contributed by atoms with Gasteiger partial charge in [-0.15, -0.1) is 10.2 Å². The second kappa shape index (κ2) is 6.95. The molecule has 6 heteroatoms. The summed E-state index contributed by atoms with van der Waals surface area (Å²) in [6.45, 7) is 1.68. The molecule has 0 bridgehead atoms. The highest BCUT2D eigenvalue weighted by Crippen LogP contribution is 2.25. The van der Waals surface area contributed by atoms with Crippen molar-refractivity contribution in [1.29, 1.82) is 0 Å². The van der Waals surface area contributed by atoms with Crippen molar-refractivity contribution in [2.45, 2.75) is 13.0 Å². The highest BCUT2D eigenvalue weighted by Gasteiger charge is 2.21. The van der Waals surface area contributed by atoms with Crippen molar-refractivity contribution in [3.63, 3.8) is 0 Å². The third-order valence-corrected chi connectivity index (χ3v) is 3.42. The summed E-state index contributed by atoms with van der Waals surface area (Å²) < 4.78 is 16.2. The number of benzene rings is 2. The SMILES string of the molecule is COc1ccccc1C(=O)OC(C)c1nnc(-c2ccccc2)o1. The van der Waals surface area contributed by atoms with E-state index >= 15 is 0 Å². The van der Waals surface area contributed by atoms with Gasteiger partial charge in [0.2, 0.25) is 5.89 Å². The van der Waals surface area contributed by atoms with Crippen LogP contribution in [0.25, 0.3) is 11.5 Å². The van der Waals surface area contributed by atoms with Crippen molar-refractivity contribution in [3.8, 4) is 17.2 Å². The average molecular weight is 324 g/mol. The first-order valence-electron chi connectivity index (χ1n) is 7.42. The van der Waals surface area contributed by atoms with Gasteiger partial charge in [0.1, 0.15) is 11.3 Å². The quantitative estimate of drug-likeness (QED) is 0.667. The van der Waals surface area contributed by atoms with E-state index in [4.69, 9.17) is 13.9 Å². The third kappa shape index (κ3) is 3.27. The predicted octanol–water partition coefficient (Wildman–Crippen LogP) is 3.66. The van der Waals surface area contributed by atoms with Crippen LogP contribution in [0.5, 0.6) is 5.75 Å². The monoisotopic (exact) mass is 324 g/mol. The van der Waals surface area contributed by atoms with Gasteiger partial charge in [-0.25, -0.2) is 4.79 Å². The van der Waals surface area contributed by atoms with Crippen LogP contribution in [0.4, 0.5) is 0 Å². The number of carbonyl (C=O) groups excluding carboxylic acids is 1. The Kier molecular flexibility index (Phi) is 4.56. The number of methoxy groups -OCH3 is 1. The van der Waals surface area contributed by atoms with Gasteiger partial charge in [-0.1, -0.05) is 30.3 Å². The molecule has 1 unspecified atom stereocenters. The Balaban J connectivity index is 1.74. The lowest BCUT2D eigenvalue weighted by Crippen LogP contribution is -2.10. The molecule has 0 saturated heterocycles. The van der Waals surface area contributed by atoms with Crippen molar-refractivity contribution < 1.29 is 18.7 Å². The van der Waals surface area contributed by atoms with Crippen LogP contribution in [-0.2, 0) is 4.74 Å². The highest BCUT2D eigenvalue weighted by atomic mass is 16.6. The first-order valence-corrected chi connectivity index (χ1v) is 7.42. The standard InChI is InChI=1S/C18H16N2O4/c1-12(23-18(21)14-10-6-7-11-15(14)22-2)16-19-20-17(24-16)13-8-4-3-5-9-13/h3-12H,1-2H3. The summed E-state index contributed by atoms with van der Waals surface area (Å²) in [6.07, 6.45) is -0.674. The molecule has 0 aliphatic heterocycles. The maximum Gasteiger partial charge on any atom is 0.342 e. The fourth-order valence-electron chi connectivity index (χ4n) is 2.18. The van der Waals surface area contributed by atoms with Gasteiger partial charge in [0, 0.05) is 5.56 Å². The molecule has 0 fully saturated rings. The van der Waals surface area contributed by atoms with Gasteiger partial charge in [0.05, 0.1) is 7.11 Å². The maximum absolute atomic E-state index is 12.3. The highest BCUT2D eigenvalue weighted by molar-refractivity contribution is 5.92. The van der Waals surface area contributed by atoms with E-state index in [1.807, 2.05) is 30.3 Å². The Morgan fingerprint density at radius 2 is 1.75 bits per heavy atom. The van der Waals surface area contributed by atoms with Gasteiger partial charge in [0.15, 0.2) is 6.10 Å². The fourth-order valence-corrected chi connectivity index (χ4v) is 2.18. The van der Waals surface area contributed by atoms with Crippen molar-refractivity contribution in [3.05, 3.63) is 66.1 Å². The van der Waals surface area contributed by atoms with Gasteiger partial charge in [-0.3, -0.25) is 0 Å². The Morgan fingerprint density at radius 3 is 2.50 bits per heavy atom. The van der Waals surface area contributed by atoms with Crippen LogP contribution in [0.2, 0.25) is 0 Å². The minimum Gasteiger partial charge on any atom is -0.496 e. The van der Waals surface area contributed by atoms with Crippen molar-refractivity contribution in [2.75, 3.05) is 7.11 Å². The molecule has 0 amide bonds. The van der Waals surface area contributed by atoms with Gasteiger partial charge < -0.3 is 13.9 Å². The molecular weight excluding hydrogens is 308 g/mol. The van der Waals surface area contributed by atoms with Gasteiger partial charge >= 0.3 is 5.97 Å². The zero-order valence-corrected chi connectivity index (χ0v) is 13.3. The number of aromatic nitrogens is 2. The summed E-state index contributed by atoms with van der Waals surface area (Å²) in [5, 5.41) is 7.95. The summed E-state index contributed by atoms with van der Waals surface area (Å²) in [6, 6.07) is 16.2. The molecule has 24 heavy (non-hydrogen) atoms. The van der Waals surface area contributed by atoms with E-state index in [-0.39, 0.29) is 5.89 Å². The zero-order valence-electron chi connectivity index (χ0n) is 13.3. The van der Waals surface area contributed by atoms with E-state index in [0.717, 1.165) is 5.56 Å². The lowest BCUT2D eigenvalue weighted by Gasteiger charge is -2.11. The van der Waals surface area contributed by atoms with E-state index in [2.05, 4.69) is 10.2 Å². The molecule has 0 N–H and O–H groups in total. The molecule has 6 nitrogen and oxygen atoms in total. The minimum atomic E-state index is -0.674. The van der Waals surface area contributed by atoms with Crippen LogP contribution >= 0.6 is 0 Å². The first-order chi connectivity index (χ1) is 11.7. The normalized spacial score (nSPS) is 11.8. The molecule has 0 saturated carbocycles. The molecule has 0 spiro atoms. The lowest BCUT2D eigenvalue weighted by molar-refractivity contribution is 0.0276. The minimum absolute atomic E-state index is 0.233. The van der Waals surface area contributed by atoms with Gasteiger partial charge in [-0.05, 0) is 31.2 Å². The van der Waals surface area contributed by atoms with Crippen molar-refractivity contribution in [2.24, 2.45) is 0 Å². The molecule has 0 aliphatic carbocycles. The molecule has 0 aliphatic rings. The largest absolute Gasteiger partial charge is 0.496 e. The number of rotatable bonds is 5. The Morgan fingerprint density at radius 1 is 1.04 bits per heavy atom. The number of esters is 1. The predicted molar refractivity (Wildman–Crippen MR) is 86.6 cm³/mol. The smallest absolute Gasteiger partial charge is 0.342 e. The number of hydrogen-bond donors (Lipinski definition) is 0. The Bertz CT molecular complexity index is 830. The van der Waals surface area contributed by atoms with E-state index in [9.17, 15) is 4.79 Å². The number of hydrogen-bond acceptors (Lipinski definition) is 6. The number of carbonyl (C=O) groups is 1. The Labute approximate surface area is 139 Å². The summed E-state index contributed by atoms with van der Waals surface area (Å²) in [7, 11) is 1.50. The molecule has 122 valence electrons.